The Bertz CT molecular complexity index is 436. The first-order valence-corrected chi connectivity index (χ1v) is 6.14. The topological polar surface area (TPSA) is 35.8 Å². The quantitative estimate of drug-likeness (QED) is 0.865. The van der Waals surface area contributed by atoms with Crippen LogP contribution in [0.15, 0.2) is 18.2 Å². The van der Waals surface area contributed by atoms with E-state index >= 15 is 0 Å². The van der Waals surface area contributed by atoms with E-state index in [1.807, 2.05) is 6.07 Å². The molecule has 0 aromatic heterocycles. The van der Waals surface area contributed by atoms with Crippen LogP contribution in [0.5, 0.6) is 0 Å². The molecule has 90 valence electrons. The Balaban J connectivity index is 1.97. The molecule has 0 saturated heterocycles. The Kier molecular flexibility index (Phi) is 3.63. The number of anilines is 1. The molecule has 1 aliphatic rings. The third-order valence-corrected chi connectivity index (χ3v) is 3.69. The van der Waals surface area contributed by atoms with Gasteiger partial charge in [0.15, 0.2) is 0 Å². The van der Waals surface area contributed by atoms with E-state index in [1.165, 1.54) is 25.3 Å². The minimum Gasteiger partial charge on any atom is -0.382 e. The lowest BCUT2D eigenvalue weighted by Gasteiger charge is -2.17. The summed E-state index contributed by atoms with van der Waals surface area (Å²) in [6.45, 7) is 3.08. The molecule has 2 nitrogen and oxygen atoms in total. The molecule has 0 amide bonds. The van der Waals surface area contributed by atoms with Gasteiger partial charge < -0.3 is 5.32 Å². The number of halogens is 1. The predicted octanol–water partition coefficient (Wildman–Crippen LogP) is 3.55. The Labute approximate surface area is 101 Å². The fourth-order valence-corrected chi connectivity index (χ4v) is 2.49. The monoisotopic (exact) mass is 232 g/mol. The molecule has 2 atom stereocenters. The molecular formula is C14H17FN2. The fourth-order valence-electron chi connectivity index (χ4n) is 2.49. The van der Waals surface area contributed by atoms with Gasteiger partial charge in [-0.15, -0.1) is 0 Å². The van der Waals surface area contributed by atoms with Crippen molar-refractivity contribution in [2.75, 3.05) is 11.9 Å². The highest BCUT2D eigenvalue weighted by molar-refractivity contribution is 5.48. The Morgan fingerprint density at radius 1 is 1.47 bits per heavy atom. The molecule has 1 fully saturated rings. The van der Waals surface area contributed by atoms with Crippen molar-refractivity contribution in [2.45, 2.75) is 26.2 Å². The lowest BCUT2D eigenvalue weighted by molar-refractivity contribution is 0.439. The second kappa shape index (κ2) is 5.18. The zero-order chi connectivity index (χ0) is 12.3. The SMILES string of the molecule is CC1CCCC1CNc1ccc(C#N)cc1F. The molecule has 1 N–H and O–H groups in total. The normalized spacial score (nSPS) is 23.4. The zero-order valence-corrected chi connectivity index (χ0v) is 10.0. The van der Waals surface area contributed by atoms with E-state index in [0.29, 0.717) is 17.2 Å². The van der Waals surface area contributed by atoms with Gasteiger partial charge in [-0.2, -0.15) is 5.26 Å². The average molecular weight is 232 g/mol. The van der Waals surface area contributed by atoms with Crippen LogP contribution in [-0.2, 0) is 0 Å². The molecule has 2 rings (SSSR count). The van der Waals surface area contributed by atoms with Crippen molar-refractivity contribution >= 4 is 5.69 Å². The standard InChI is InChI=1S/C14H17FN2/c1-10-3-2-4-12(10)9-17-14-6-5-11(8-16)7-13(14)15/h5-7,10,12,17H,2-4,9H2,1H3. The van der Waals surface area contributed by atoms with Crippen LogP contribution in [0.4, 0.5) is 10.1 Å². The first kappa shape index (κ1) is 11.9. The first-order chi connectivity index (χ1) is 8.20. The molecule has 0 aliphatic heterocycles. The van der Waals surface area contributed by atoms with Gasteiger partial charge in [0.05, 0.1) is 17.3 Å². The Morgan fingerprint density at radius 2 is 2.29 bits per heavy atom. The van der Waals surface area contributed by atoms with Crippen molar-refractivity contribution < 1.29 is 4.39 Å². The summed E-state index contributed by atoms with van der Waals surface area (Å²) < 4.78 is 13.6. The summed E-state index contributed by atoms with van der Waals surface area (Å²) >= 11 is 0. The molecule has 1 aromatic rings. The second-order valence-corrected chi connectivity index (χ2v) is 4.86. The number of benzene rings is 1. The highest BCUT2D eigenvalue weighted by Crippen LogP contribution is 2.31. The minimum atomic E-state index is -0.338. The van der Waals surface area contributed by atoms with Gasteiger partial charge in [0.25, 0.3) is 0 Å². The fraction of sp³-hybridized carbons (Fsp3) is 0.500. The van der Waals surface area contributed by atoms with Crippen molar-refractivity contribution in [1.29, 1.82) is 5.26 Å². The van der Waals surface area contributed by atoms with Crippen molar-refractivity contribution in [3.63, 3.8) is 0 Å². The number of nitriles is 1. The summed E-state index contributed by atoms with van der Waals surface area (Å²) in [5, 5.41) is 11.8. The molecule has 0 radical (unpaired) electrons. The largest absolute Gasteiger partial charge is 0.382 e. The van der Waals surface area contributed by atoms with Crippen molar-refractivity contribution in [1.82, 2.24) is 0 Å². The van der Waals surface area contributed by atoms with Gasteiger partial charge in [-0.05, 0) is 36.5 Å². The second-order valence-electron chi connectivity index (χ2n) is 4.86. The van der Waals surface area contributed by atoms with E-state index in [4.69, 9.17) is 5.26 Å². The summed E-state index contributed by atoms with van der Waals surface area (Å²) in [4.78, 5) is 0. The maximum atomic E-state index is 13.6. The van der Waals surface area contributed by atoms with E-state index in [1.54, 1.807) is 12.1 Å². The molecule has 2 unspecified atom stereocenters. The van der Waals surface area contributed by atoms with Crippen molar-refractivity contribution in [2.24, 2.45) is 11.8 Å². The maximum Gasteiger partial charge on any atom is 0.147 e. The van der Waals surface area contributed by atoms with Gasteiger partial charge in [-0.1, -0.05) is 19.8 Å². The third kappa shape index (κ3) is 2.76. The van der Waals surface area contributed by atoms with Crippen molar-refractivity contribution in [3.8, 4) is 6.07 Å². The maximum absolute atomic E-state index is 13.6. The van der Waals surface area contributed by atoms with E-state index < -0.39 is 0 Å². The molecule has 1 aromatic carbocycles. The smallest absolute Gasteiger partial charge is 0.147 e. The Morgan fingerprint density at radius 3 is 2.88 bits per heavy atom. The highest BCUT2D eigenvalue weighted by atomic mass is 19.1. The van der Waals surface area contributed by atoms with Gasteiger partial charge in [-0.25, -0.2) is 4.39 Å². The lowest BCUT2D eigenvalue weighted by Crippen LogP contribution is -2.17. The number of nitrogens with zero attached hydrogens (tertiary/aromatic N) is 1. The molecule has 0 heterocycles. The number of nitrogens with one attached hydrogen (secondary N) is 1. The number of hydrogen-bond acceptors (Lipinski definition) is 2. The van der Waals surface area contributed by atoms with E-state index in [-0.39, 0.29) is 5.82 Å². The van der Waals surface area contributed by atoms with E-state index in [2.05, 4.69) is 12.2 Å². The van der Waals surface area contributed by atoms with Crippen LogP contribution >= 0.6 is 0 Å². The van der Waals surface area contributed by atoms with Gasteiger partial charge in [0, 0.05) is 6.54 Å². The van der Waals surface area contributed by atoms with Crippen LogP contribution in [0.3, 0.4) is 0 Å². The molecule has 17 heavy (non-hydrogen) atoms. The van der Waals surface area contributed by atoms with Gasteiger partial charge in [-0.3, -0.25) is 0 Å². The van der Waals surface area contributed by atoms with Crippen LogP contribution in [0, 0.1) is 29.0 Å². The highest BCUT2D eigenvalue weighted by Gasteiger charge is 2.23. The summed E-state index contributed by atoms with van der Waals surface area (Å²) in [5.74, 6) is 1.03. The van der Waals surface area contributed by atoms with Gasteiger partial charge in [0.1, 0.15) is 5.82 Å². The number of rotatable bonds is 3. The number of hydrogen-bond donors (Lipinski definition) is 1. The molecule has 3 heteroatoms. The zero-order valence-electron chi connectivity index (χ0n) is 10.0. The summed E-state index contributed by atoms with van der Waals surface area (Å²) in [6, 6.07) is 6.50. The third-order valence-electron chi connectivity index (χ3n) is 3.69. The molecular weight excluding hydrogens is 215 g/mol. The summed E-state index contributed by atoms with van der Waals surface area (Å²) in [7, 11) is 0. The first-order valence-electron chi connectivity index (χ1n) is 6.14. The van der Waals surface area contributed by atoms with E-state index in [0.717, 1.165) is 12.5 Å². The van der Waals surface area contributed by atoms with Crippen LogP contribution in [0.25, 0.3) is 0 Å². The predicted molar refractivity (Wildman–Crippen MR) is 66.1 cm³/mol. The summed E-state index contributed by atoms with van der Waals surface area (Å²) in [6.07, 6.45) is 3.79. The lowest BCUT2D eigenvalue weighted by atomic mass is 9.98. The molecule has 0 spiro atoms. The van der Waals surface area contributed by atoms with Crippen LogP contribution in [0.2, 0.25) is 0 Å². The molecule has 1 saturated carbocycles. The van der Waals surface area contributed by atoms with Crippen LogP contribution in [0.1, 0.15) is 31.7 Å². The summed E-state index contributed by atoms with van der Waals surface area (Å²) in [5.41, 5.74) is 0.866. The van der Waals surface area contributed by atoms with Gasteiger partial charge in [0.2, 0.25) is 0 Å². The molecule has 0 bridgehead atoms. The molecule has 1 aliphatic carbocycles. The van der Waals surface area contributed by atoms with Crippen LogP contribution < -0.4 is 5.32 Å². The van der Waals surface area contributed by atoms with Crippen molar-refractivity contribution in [3.05, 3.63) is 29.6 Å². The minimum absolute atomic E-state index is 0.338. The van der Waals surface area contributed by atoms with E-state index in [9.17, 15) is 4.39 Å². The average Bonchev–Trinajstić information content (AvgIpc) is 2.73. The Hall–Kier alpha value is -1.56. The van der Waals surface area contributed by atoms with Gasteiger partial charge >= 0.3 is 0 Å². The van der Waals surface area contributed by atoms with Crippen LogP contribution in [-0.4, -0.2) is 6.54 Å².